The molecule has 1 aromatic heterocycles. The molecular weight excluding hydrogens is 232 g/mol. The van der Waals surface area contributed by atoms with Gasteiger partial charge < -0.3 is 0 Å². The fraction of sp³-hybridized carbons (Fsp3) is 0.231. The van der Waals surface area contributed by atoms with Crippen LogP contribution >= 0.6 is 11.8 Å². The molecule has 4 heteroatoms. The van der Waals surface area contributed by atoms with Gasteiger partial charge in [0.05, 0.1) is 5.69 Å². The Morgan fingerprint density at radius 2 is 2.18 bits per heavy atom. The molecule has 0 saturated carbocycles. The number of nitrogens with zero attached hydrogens (tertiary/aromatic N) is 2. The standard InChI is InChI=1S/C13H12N2OS/c1-15-12(16)8-9-6-7-17-11-5-3-2-4-10(11)13(9)14-15/h2-5,8H,6-7H2,1H3. The third-order valence-electron chi connectivity index (χ3n) is 2.94. The zero-order chi connectivity index (χ0) is 11.8. The third-order valence-corrected chi connectivity index (χ3v) is 4.02. The minimum atomic E-state index is -0.0341. The average molecular weight is 244 g/mol. The van der Waals surface area contributed by atoms with Gasteiger partial charge in [-0.15, -0.1) is 11.8 Å². The van der Waals surface area contributed by atoms with E-state index in [4.69, 9.17) is 0 Å². The molecule has 2 heterocycles. The van der Waals surface area contributed by atoms with Crippen LogP contribution in [0.2, 0.25) is 0 Å². The van der Waals surface area contributed by atoms with Crippen molar-refractivity contribution < 1.29 is 0 Å². The van der Waals surface area contributed by atoms with Crippen LogP contribution in [0, 0.1) is 0 Å². The van der Waals surface area contributed by atoms with E-state index in [-0.39, 0.29) is 5.56 Å². The van der Waals surface area contributed by atoms with E-state index >= 15 is 0 Å². The van der Waals surface area contributed by atoms with Gasteiger partial charge in [0.25, 0.3) is 5.56 Å². The van der Waals surface area contributed by atoms with Gasteiger partial charge in [0.2, 0.25) is 0 Å². The molecule has 0 atom stereocenters. The van der Waals surface area contributed by atoms with Crippen LogP contribution < -0.4 is 5.56 Å². The van der Waals surface area contributed by atoms with Crippen molar-refractivity contribution in [1.82, 2.24) is 9.78 Å². The maximum absolute atomic E-state index is 11.6. The summed E-state index contributed by atoms with van der Waals surface area (Å²) in [5.74, 6) is 0.999. The van der Waals surface area contributed by atoms with Crippen LogP contribution in [0.4, 0.5) is 0 Å². The van der Waals surface area contributed by atoms with Gasteiger partial charge in [0.1, 0.15) is 0 Å². The van der Waals surface area contributed by atoms with Crippen LogP contribution in [-0.4, -0.2) is 15.5 Å². The first-order chi connectivity index (χ1) is 8.25. The lowest BCUT2D eigenvalue weighted by Gasteiger charge is -2.08. The summed E-state index contributed by atoms with van der Waals surface area (Å²) in [4.78, 5) is 12.9. The van der Waals surface area contributed by atoms with Crippen molar-refractivity contribution >= 4 is 11.8 Å². The van der Waals surface area contributed by atoms with Gasteiger partial charge in [0, 0.05) is 29.3 Å². The second-order valence-corrected chi connectivity index (χ2v) is 5.21. The summed E-state index contributed by atoms with van der Waals surface area (Å²) in [6.45, 7) is 0. The Labute approximate surface area is 103 Å². The number of thioether (sulfide) groups is 1. The van der Waals surface area contributed by atoms with Crippen LogP contribution in [0.15, 0.2) is 40.0 Å². The van der Waals surface area contributed by atoms with E-state index in [2.05, 4.69) is 17.2 Å². The fourth-order valence-corrected chi connectivity index (χ4v) is 3.09. The van der Waals surface area contributed by atoms with Crippen LogP contribution in [0.1, 0.15) is 5.56 Å². The van der Waals surface area contributed by atoms with Crippen molar-refractivity contribution in [2.45, 2.75) is 11.3 Å². The molecule has 1 aromatic carbocycles. The molecule has 0 saturated heterocycles. The molecule has 0 amide bonds. The summed E-state index contributed by atoms with van der Waals surface area (Å²) >= 11 is 1.83. The Kier molecular flexibility index (Phi) is 2.52. The van der Waals surface area contributed by atoms with Crippen LogP contribution in [0.5, 0.6) is 0 Å². The Morgan fingerprint density at radius 1 is 1.35 bits per heavy atom. The first-order valence-electron chi connectivity index (χ1n) is 5.55. The first-order valence-corrected chi connectivity index (χ1v) is 6.54. The lowest BCUT2D eigenvalue weighted by Crippen LogP contribution is -2.20. The maximum atomic E-state index is 11.6. The van der Waals surface area contributed by atoms with Crippen molar-refractivity contribution in [2.24, 2.45) is 7.05 Å². The number of rotatable bonds is 0. The zero-order valence-electron chi connectivity index (χ0n) is 9.51. The van der Waals surface area contributed by atoms with E-state index in [0.29, 0.717) is 0 Å². The molecular formula is C13H12N2OS. The predicted molar refractivity (Wildman–Crippen MR) is 69.3 cm³/mol. The fourth-order valence-electron chi connectivity index (χ4n) is 2.05. The minimum Gasteiger partial charge on any atom is -0.268 e. The number of benzene rings is 1. The normalized spacial score (nSPS) is 13.7. The minimum absolute atomic E-state index is 0.0341. The SMILES string of the molecule is Cn1nc2c(cc1=O)CCSc1ccccc1-2. The molecule has 3 rings (SSSR count). The third kappa shape index (κ3) is 1.78. The van der Waals surface area contributed by atoms with Crippen molar-refractivity contribution in [2.75, 3.05) is 5.75 Å². The highest BCUT2D eigenvalue weighted by molar-refractivity contribution is 7.99. The van der Waals surface area contributed by atoms with Crippen molar-refractivity contribution in [3.8, 4) is 11.3 Å². The molecule has 0 radical (unpaired) electrons. The average Bonchev–Trinajstić information content (AvgIpc) is 2.50. The molecule has 0 spiro atoms. The molecule has 0 unspecified atom stereocenters. The van der Waals surface area contributed by atoms with Crippen LogP contribution in [0.25, 0.3) is 11.3 Å². The highest BCUT2D eigenvalue weighted by Crippen LogP contribution is 2.35. The lowest BCUT2D eigenvalue weighted by atomic mass is 10.1. The highest BCUT2D eigenvalue weighted by atomic mass is 32.2. The van der Waals surface area contributed by atoms with Crippen molar-refractivity contribution in [1.29, 1.82) is 0 Å². The van der Waals surface area contributed by atoms with Gasteiger partial charge in [-0.2, -0.15) is 5.10 Å². The Hall–Kier alpha value is -1.55. The number of hydrogen-bond acceptors (Lipinski definition) is 3. The Bertz CT molecular complexity index is 634. The second-order valence-electron chi connectivity index (χ2n) is 4.07. The Balaban J connectivity index is 2.32. The van der Waals surface area contributed by atoms with Gasteiger partial charge in [-0.25, -0.2) is 4.68 Å². The van der Waals surface area contributed by atoms with E-state index in [9.17, 15) is 4.79 Å². The van der Waals surface area contributed by atoms with E-state index < -0.39 is 0 Å². The monoisotopic (exact) mass is 244 g/mol. The molecule has 2 aromatic rings. The second kappa shape index (κ2) is 4.04. The summed E-state index contributed by atoms with van der Waals surface area (Å²) in [6, 6.07) is 9.96. The molecule has 1 aliphatic rings. The summed E-state index contributed by atoms with van der Waals surface area (Å²) in [7, 11) is 1.70. The van der Waals surface area contributed by atoms with E-state index in [1.54, 1.807) is 13.1 Å². The van der Waals surface area contributed by atoms with Gasteiger partial charge in [-0.05, 0) is 18.1 Å². The Morgan fingerprint density at radius 3 is 3.06 bits per heavy atom. The van der Waals surface area contributed by atoms with E-state index in [1.165, 1.54) is 9.58 Å². The van der Waals surface area contributed by atoms with Crippen LogP contribution in [0.3, 0.4) is 0 Å². The zero-order valence-corrected chi connectivity index (χ0v) is 10.3. The topological polar surface area (TPSA) is 34.9 Å². The molecule has 3 nitrogen and oxygen atoms in total. The maximum Gasteiger partial charge on any atom is 0.266 e. The van der Waals surface area contributed by atoms with E-state index in [0.717, 1.165) is 29.0 Å². The quantitative estimate of drug-likeness (QED) is 0.712. The number of aryl methyl sites for hydroxylation is 2. The first kappa shape index (κ1) is 10.6. The number of hydrogen-bond donors (Lipinski definition) is 0. The lowest BCUT2D eigenvalue weighted by molar-refractivity contribution is 0.705. The molecule has 1 aliphatic heterocycles. The predicted octanol–water partition coefficient (Wildman–Crippen LogP) is 2.10. The molecule has 86 valence electrons. The molecule has 0 aliphatic carbocycles. The van der Waals surface area contributed by atoms with E-state index in [1.807, 2.05) is 23.9 Å². The molecule has 0 fully saturated rings. The number of aromatic nitrogens is 2. The molecule has 0 N–H and O–H groups in total. The van der Waals surface area contributed by atoms with Gasteiger partial charge in [0.15, 0.2) is 0 Å². The van der Waals surface area contributed by atoms with Crippen molar-refractivity contribution in [3.05, 3.63) is 46.2 Å². The van der Waals surface area contributed by atoms with Gasteiger partial charge >= 0.3 is 0 Å². The highest BCUT2D eigenvalue weighted by Gasteiger charge is 2.16. The molecule has 0 bridgehead atoms. The van der Waals surface area contributed by atoms with Crippen molar-refractivity contribution in [3.63, 3.8) is 0 Å². The summed E-state index contributed by atoms with van der Waals surface area (Å²) in [5.41, 5.74) is 3.12. The largest absolute Gasteiger partial charge is 0.268 e. The van der Waals surface area contributed by atoms with Gasteiger partial charge in [-0.3, -0.25) is 4.79 Å². The summed E-state index contributed by atoms with van der Waals surface area (Å²) in [6.07, 6.45) is 0.901. The molecule has 17 heavy (non-hydrogen) atoms. The smallest absolute Gasteiger partial charge is 0.266 e. The van der Waals surface area contributed by atoms with Crippen LogP contribution in [-0.2, 0) is 13.5 Å². The number of fused-ring (bicyclic) bond motifs is 3. The summed E-state index contributed by atoms with van der Waals surface area (Å²) in [5, 5.41) is 4.41. The van der Waals surface area contributed by atoms with Gasteiger partial charge in [-0.1, -0.05) is 18.2 Å². The summed E-state index contributed by atoms with van der Waals surface area (Å²) < 4.78 is 1.41.